The number of nitrogens with two attached hydrogens (primary N) is 1. The molecule has 3 N–H and O–H groups in total. The molecule has 0 aliphatic heterocycles. The largest absolute Gasteiger partial charge is 0.380 e. The molecule has 2 unspecified atom stereocenters. The van der Waals surface area contributed by atoms with Gasteiger partial charge < -0.3 is 15.8 Å². The van der Waals surface area contributed by atoms with Gasteiger partial charge in [0.05, 0.1) is 18.6 Å². The topological polar surface area (TPSA) is 64.3 Å². The molecule has 2 atom stereocenters. The molecule has 1 saturated carbocycles. The van der Waals surface area contributed by atoms with Gasteiger partial charge in [-0.1, -0.05) is 43.0 Å². The van der Waals surface area contributed by atoms with Crippen molar-refractivity contribution in [3.8, 4) is 0 Å². The van der Waals surface area contributed by atoms with Crippen LogP contribution in [0.5, 0.6) is 0 Å². The summed E-state index contributed by atoms with van der Waals surface area (Å²) in [7, 11) is 1.58. The van der Waals surface area contributed by atoms with Crippen LogP contribution in [0, 0.1) is 5.92 Å². The molecule has 136 valence electrons. The maximum atomic E-state index is 12.4. The van der Waals surface area contributed by atoms with Gasteiger partial charge in [-0.25, -0.2) is 0 Å². The van der Waals surface area contributed by atoms with Gasteiger partial charge in [-0.3, -0.25) is 4.79 Å². The number of carbonyl (C=O) groups is 1. The van der Waals surface area contributed by atoms with E-state index in [1.165, 1.54) is 19.3 Å². The number of halogens is 2. The molecule has 6 heteroatoms. The van der Waals surface area contributed by atoms with Gasteiger partial charge in [-0.05, 0) is 36.5 Å². The lowest BCUT2D eigenvalue weighted by atomic mass is 9.81. The first-order chi connectivity index (χ1) is 11.1. The minimum absolute atomic E-state index is 0. The first kappa shape index (κ1) is 21.2. The fourth-order valence-corrected chi connectivity index (χ4v) is 3.54. The lowest BCUT2D eigenvalue weighted by Crippen LogP contribution is -2.37. The Morgan fingerprint density at radius 3 is 2.67 bits per heavy atom. The molecule has 1 aliphatic rings. The third-order valence-electron chi connectivity index (χ3n) is 4.65. The van der Waals surface area contributed by atoms with Crippen LogP contribution < -0.4 is 11.1 Å². The maximum absolute atomic E-state index is 12.4. The number of methoxy groups -OCH3 is 1. The lowest BCUT2D eigenvalue weighted by Gasteiger charge is -2.32. The highest BCUT2D eigenvalue weighted by Crippen LogP contribution is 2.35. The number of benzene rings is 1. The van der Waals surface area contributed by atoms with Crippen molar-refractivity contribution in [3.63, 3.8) is 0 Å². The third-order valence-corrected chi connectivity index (χ3v) is 4.89. The standard InChI is InChI=1S/C18H27ClN2O2.ClH/c1-23-16(12-20)11-17(22)21-18(13-6-3-2-4-7-13)14-8-5-9-15(19)10-14;/h5,8-10,13,16,18H,2-4,6-7,11-12,20H2,1H3,(H,21,22);1H. The van der Waals surface area contributed by atoms with Crippen LogP contribution in [-0.4, -0.2) is 25.7 Å². The van der Waals surface area contributed by atoms with Gasteiger partial charge in [0, 0.05) is 18.7 Å². The highest BCUT2D eigenvalue weighted by Gasteiger charge is 2.27. The van der Waals surface area contributed by atoms with Gasteiger partial charge in [-0.2, -0.15) is 0 Å². The van der Waals surface area contributed by atoms with Crippen LogP contribution in [0.15, 0.2) is 24.3 Å². The molecule has 0 bridgehead atoms. The van der Waals surface area contributed by atoms with E-state index < -0.39 is 0 Å². The van der Waals surface area contributed by atoms with E-state index in [1.807, 2.05) is 24.3 Å². The van der Waals surface area contributed by atoms with Gasteiger partial charge in [0.15, 0.2) is 0 Å². The van der Waals surface area contributed by atoms with Crippen molar-refractivity contribution in [2.24, 2.45) is 11.7 Å². The summed E-state index contributed by atoms with van der Waals surface area (Å²) in [5.41, 5.74) is 6.70. The van der Waals surface area contributed by atoms with Gasteiger partial charge in [0.1, 0.15) is 0 Å². The monoisotopic (exact) mass is 374 g/mol. The first-order valence-electron chi connectivity index (χ1n) is 8.41. The van der Waals surface area contributed by atoms with Gasteiger partial charge in [0.25, 0.3) is 0 Å². The van der Waals surface area contributed by atoms with E-state index in [2.05, 4.69) is 5.32 Å². The maximum Gasteiger partial charge on any atom is 0.223 e. The molecule has 4 nitrogen and oxygen atoms in total. The smallest absolute Gasteiger partial charge is 0.223 e. The molecule has 0 saturated heterocycles. The molecule has 1 aromatic carbocycles. The highest BCUT2D eigenvalue weighted by molar-refractivity contribution is 6.30. The van der Waals surface area contributed by atoms with Crippen molar-refractivity contribution < 1.29 is 9.53 Å². The summed E-state index contributed by atoms with van der Waals surface area (Å²) in [5, 5.41) is 3.90. The highest BCUT2D eigenvalue weighted by atomic mass is 35.5. The van der Waals surface area contributed by atoms with Crippen molar-refractivity contribution in [1.82, 2.24) is 5.32 Å². The third kappa shape index (κ3) is 6.25. The fourth-order valence-electron chi connectivity index (χ4n) is 3.34. The Morgan fingerprint density at radius 1 is 1.38 bits per heavy atom. The predicted octanol–water partition coefficient (Wildman–Crippen LogP) is 3.86. The predicted molar refractivity (Wildman–Crippen MR) is 101 cm³/mol. The Balaban J connectivity index is 0.00000288. The van der Waals surface area contributed by atoms with Gasteiger partial charge in [-0.15, -0.1) is 12.4 Å². The second-order valence-electron chi connectivity index (χ2n) is 6.30. The number of hydrogen-bond acceptors (Lipinski definition) is 3. The summed E-state index contributed by atoms with van der Waals surface area (Å²) in [5.74, 6) is 0.447. The van der Waals surface area contributed by atoms with E-state index in [4.69, 9.17) is 22.1 Å². The summed E-state index contributed by atoms with van der Waals surface area (Å²) in [6.07, 6.45) is 6.07. The molecule has 0 radical (unpaired) electrons. The number of rotatable bonds is 7. The molecular weight excluding hydrogens is 347 g/mol. The Hall–Kier alpha value is -0.810. The minimum Gasteiger partial charge on any atom is -0.380 e. The average molecular weight is 375 g/mol. The van der Waals surface area contributed by atoms with E-state index in [0.29, 0.717) is 17.5 Å². The second-order valence-corrected chi connectivity index (χ2v) is 6.73. The van der Waals surface area contributed by atoms with E-state index in [1.54, 1.807) is 7.11 Å². The van der Waals surface area contributed by atoms with Crippen LogP contribution in [0.3, 0.4) is 0 Å². The Labute approximate surface area is 155 Å². The summed E-state index contributed by atoms with van der Waals surface area (Å²) in [6.45, 7) is 0.342. The summed E-state index contributed by atoms with van der Waals surface area (Å²) in [6, 6.07) is 7.81. The van der Waals surface area contributed by atoms with Crippen LogP contribution in [0.4, 0.5) is 0 Å². The molecule has 0 spiro atoms. The van der Waals surface area contributed by atoms with Gasteiger partial charge >= 0.3 is 0 Å². The number of hydrogen-bond donors (Lipinski definition) is 2. The molecule has 1 amide bonds. The zero-order valence-corrected chi connectivity index (χ0v) is 15.7. The Bertz CT molecular complexity index is 504. The van der Waals surface area contributed by atoms with Crippen molar-refractivity contribution in [2.75, 3.05) is 13.7 Å². The van der Waals surface area contributed by atoms with Crippen LogP contribution in [-0.2, 0) is 9.53 Å². The van der Waals surface area contributed by atoms with Crippen molar-refractivity contribution in [3.05, 3.63) is 34.9 Å². The van der Waals surface area contributed by atoms with Crippen LogP contribution in [0.2, 0.25) is 5.02 Å². The summed E-state index contributed by atoms with van der Waals surface area (Å²) < 4.78 is 5.22. The molecule has 1 aliphatic carbocycles. The summed E-state index contributed by atoms with van der Waals surface area (Å²) in [4.78, 5) is 12.4. The number of carbonyl (C=O) groups excluding carboxylic acids is 1. The van der Waals surface area contributed by atoms with Crippen LogP contribution >= 0.6 is 24.0 Å². The fraction of sp³-hybridized carbons (Fsp3) is 0.611. The van der Waals surface area contributed by atoms with E-state index in [-0.39, 0.29) is 36.9 Å². The molecular formula is C18H28Cl2N2O2. The normalized spacial score (nSPS) is 17.6. The Morgan fingerprint density at radius 2 is 2.08 bits per heavy atom. The van der Waals surface area contributed by atoms with E-state index in [0.717, 1.165) is 18.4 Å². The van der Waals surface area contributed by atoms with E-state index >= 15 is 0 Å². The van der Waals surface area contributed by atoms with Crippen LogP contribution in [0.25, 0.3) is 0 Å². The first-order valence-corrected chi connectivity index (χ1v) is 8.79. The molecule has 2 rings (SSSR count). The van der Waals surface area contributed by atoms with Crippen molar-refractivity contribution in [2.45, 2.75) is 50.7 Å². The lowest BCUT2D eigenvalue weighted by molar-refractivity contribution is -0.124. The summed E-state index contributed by atoms with van der Waals surface area (Å²) >= 11 is 6.14. The molecule has 1 fully saturated rings. The molecule has 0 aromatic heterocycles. The molecule has 24 heavy (non-hydrogen) atoms. The number of amides is 1. The molecule has 0 heterocycles. The minimum atomic E-state index is -0.235. The molecule has 1 aromatic rings. The number of ether oxygens (including phenoxy) is 1. The van der Waals surface area contributed by atoms with Crippen molar-refractivity contribution >= 4 is 29.9 Å². The second kappa shape index (κ2) is 10.9. The zero-order chi connectivity index (χ0) is 16.7. The van der Waals surface area contributed by atoms with Crippen molar-refractivity contribution in [1.29, 1.82) is 0 Å². The van der Waals surface area contributed by atoms with Gasteiger partial charge in [0.2, 0.25) is 5.91 Å². The average Bonchev–Trinajstić information content (AvgIpc) is 2.58. The SMILES string of the molecule is COC(CN)CC(=O)NC(c1cccc(Cl)c1)C1CCCCC1.Cl. The quantitative estimate of drug-likeness (QED) is 0.761. The number of nitrogens with one attached hydrogen (secondary N) is 1. The van der Waals surface area contributed by atoms with E-state index in [9.17, 15) is 4.79 Å². The zero-order valence-electron chi connectivity index (χ0n) is 14.2. The Kier molecular flexibility index (Phi) is 9.67. The van der Waals surface area contributed by atoms with Crippen LogP contribution in [0.1, 0.15) is 50.1 Å².